The fraction of sp³-hybridized carbons (Fsp3) is 0.704. The smallest absolute Gasteiger partial charge is 0.305 e. The Labute approximate surface area is 236 Å². The number of carbonyl (C=O) groups excluding carboxylic acids is 2. The Bertz CT molecular complexity index is 796. The fourth-order valence-electron chi connectivity index (χ4n) is 4.02. The molecule has 0 aliphatic rings. The van der Waals surface area contributed by atoms with Gasteiger partial charge in [0.15, 0.2) is 4.84 Å². The SMILES string of the molecule is CCCCCCCCCCCCCCCC(=O)OC[C@@H](NC(=O)C(Cl)Cl)[C@H](O)c1ccc([N+](=O)[O-])cc1.N. The normalized spacial score (nSPS) is 12.4. The quantitative estimate of drug-likeness (QED) is 0.0462. The molecule has 5 N–H and O–H groups in total. The van der Waals surface area contributed by atoms with E-state index in [-0.39, 0.29) is 24.9 Å². The molecule has 0 radical (unpaired) electrons. The van der Waals surface area contributed by atoms with Crippen LogP contribution in [0.5, 0.6) is 0 Å². The van der Waals surface area contributed by atoms with Gasteiger partial charge in [-0.1, -0.05) is 107 Å². The summed E-state index contributed by atoms with van der Waals surface area (Å²) >= 11 is 11.2. The van der Waals surface area contributed by atoms with Crippen molar-refractivity contribution in [2.45, 2.75) is 114 Å². The monoisotopic (exact) mass is 577 g/mol. The number of hydrogen-bond donors (Lipinski definition) is 3. The Morgan fingerprint density at radius 3 is 1.84 bits per heavy atom. The highest BCUT2D eigenvalue weighted by Gasteiger charge is 2.27. The van der Waals surface area contributed by atoms with Gasteiger partial charge >= 0.3 is 5.97 Å². The number of ether oxygens (including phenoxy) is 1. The first-order valence-corrected chi connectivity index (χ1v) is 14.3. The largest absolute Gasteiger partial charge is 0.463 e. The topological polar surface area (TPSA) is 154 Å². The van der Waals surface area contributed by atoms with Crippen LogP contribution in [-0.4, -0.2) is 39.4 Å². The Morgan fingerprint density at radius 1 is 0.921 bits per heavy atom. The van der Waals surface area contributed by atoms with Gasteiger partial charge in [-0.15, -0.1) is 0 Å². The molecule has 2 atom stereocenters. The number of nitrogens with zero attached hydrogens (tertiary/aromatic N) is 1. The summed E-state index contributed by atoms with van der Waals surface area (Å²) < 4.78 is 5.29. The van der Waals surface area contributed by atoms with Gasteiger partial charge in [-0.2, -0.15) is 0 Å². The molecular weight excluding hydrogens is 533 g/mol. The number of hydrogen-bond acceptors (Lipinski definition) is 7. The lowest BCUT2D eigenvalue weighted by Gasteiger charge is -2.24. The molecule has 1 rings (SSSR count). The first-order valence-electron chi connectivity index (χ1n) is 13.4. The number of aliphatic hydroxyl groups excluding tert-OH is 1. The highest BCUT2D eigenvalue weighted by molar-refractivity contribution is 6.53. The first-order chi connectivity index (χ1) is 17.8. The lowest BCUT2D eigenvalue weighted by molar-refractivity contribution is -0.384. The van der Waals surface area contributed by atoms with E-state index in [1.165, 1.54) is 88.5 Å². The molecule has 1 aromatic rings. The number of aliphatic hydroxyl groups is 1. The van der Waals surface area contributed by atoms with Gasteiger partial charge in [-0.25, -0.2) is 0 Å². The second-order valence-electron chi connectivity index (χ2n) is 9.38. The summed E-state index contributed by atoms with van der Waals surface area (Å²) in [4.78, 5) is 33.1. The number of rotatable bonds is 21. The summed E-state index contributed by atoms with van der Waals surface area (Å²) in [5.74, 6) is -1.17. The molecule has 0 saturated carbocycles. The third-order valence-electron chi connectivity index (χ3n) is 6.26. The molecule has 218 valence electrons. The van der Waals surface area contributed by atoms with E-state index in [2.05, 4.69) is 12.2 Å². The van der Waals surface area contributed by atoms with Crippen molar-refractivity contribution in [1.82, 2.24) is 11.5 Å². The highest BCUT2D eigenvalue weighted by atomic mass is 35.5. The van der Waals surface area contributed by atoms with Crippen molar-refractivity contribution in [3.63, 3.8) is 0 Å². The maximum atomic E-state index is 12.2. The molecule has 0 heterocycles. The van der Waals surface area contributed by atoms with Gasteiger partial charge in [-0.3, -0.25) is 19.7 Å². The van der Waals surface area contributed by atoms with E-state index in [1.807, 2.05) is 0 Å². The van der Waals surface area contributed by atoms with E-state index in [1.54, 1.807) is 0 Å². The minimum Gasteiger partial charge on any atom is -0.463 e. The second kappa shape index (κ2) is 21.9. The molecule has 0 fully saturated rings. The summed E-state index contributed by atoms with van der Waals surface area (Å²) in [7, 11) is 0. The van der Waals surface area contributed by atoms with Crippen LogP contribution in [-0.2, 0) is 14.3 Å². The summed E-state index contributed by atoms with van der Waals surface area (Å²) in [5, 5.41) is 24.0. The van der Waals surface area contributed by atoms with Crippen LogP contribution in [0, 0.1) is 10.1 Å². The number of unbranched alkanes of at least 4 members (excludes halogenated alkanes) is 12. The number of nitrogens with one attached hydrogen (secondary N) is 1. The van der Waals surface area contributed by atoms with Crippen molar-refractivity contribution in [2.24, 2.45) is 0 Å². The zero-order valence-electron chi connectivity index (χ0n) is 22.5. The molecular formula is C27H45Cl2N3O6. The molecule has 0 bridgehead atoms. The van der Waals surface area contributed by atoms with Crippen molar-refractivity contribution >= 4 is 40.8 Å². The van der Waals surface area contributed by atoms with Gasteiger partial charge in [-0.05, 0) is 24.1 Å². The van der Waals surface area contributed by atoms with Crippen LogP contribution in [0.15, 0.2) is 24.3 Å². The van der Waals surface area contributed by atoms with E-state index in [9.17, 15) is 24.8 Å². The third kappa shape index (κ3) is 16.1. The number of benzene rings is 1. The molecule has 0 aromatic heterocycles. The van der Waals surface area contributed by atoms with Crippen LogP contribution < -0.4 is 11.5 Å². The van der Waals surface area contributed by atoms with E-state index in [0.717, 1.165) is 12.8 Å². The standard InChI is InChI=1S/C27H42Cl2N2O6.H3N/c1-2-3-4-5-6-7-8-9-10-11-12-13-14-15-24(32)37-20-23(30-27(34)26(28)29)25(33)21-16-18-22(19-17-21)31(35)36;/h16-19,23,25-26,33H,2-15,20H2,1H3,(H,30,34);1H3/t23-,25-;/m1./s1. The maximum Gasteiger partial charge on any atom is 0.305 e. The molecule has 0 saturated heterocycles. The van der Waals surface area contributed by atoms with E-state index < -0.39 is 33.8 Å². The van der Waals surface area contributed by atoms with Crippen LogP contribution in [0.4, 0.5) is 5.69 Å². The first kappa shape index (κ1) is 36.1. The number of amides is 1. The lowest BCUT2D eigenvalue weighted by Crippen LogP contribution is -2.45. The van der Waals surface area contributed by atoms with Gasteiger partial charge in [0.1, 0.15) is 12.7 Å². The lowest BCUT2D eigenvalue weighted by atomic mass is 10.0. The van der Waals surface area contributed by atoms with Crippen molar-refractivity contribution in [2.75, 3.05) is 6.61 Å². The molecule has 0 aliphatic carbocycles. The number of halogens is 2. The Morgan fingerprint density at radius 2 is 1.39 bits per heavy atom. The summed E-state index contributed by atoms with van der Waals surface area (Å²) in [6.45, 7) is 1.94. The predicted molar refractivity (Wildman–Crippen MR) is 152 cm³/mol. The third-order valence-corrected chi connectivity index (χ3v) is 6.66. The van der Waals surface area contributed by atoms with Crippen LogP contribution in [0.1, 0.15) is 108 Å². The van der Waals surface area contributed by atoms with Crippen LogP contribution in [0.25, 0.3) is 0 Å². The van der Waals surface area contributed by atoms with Crippen LogP contribution in [0.3, 0.4) is 0 Å². The number of alkyl halides is 2. The van der Waals surface area contributed by atoms with E-state index in [4.69, 9.17) is 27.9 Å². The van der Waals surface area contributed by atoms with Crippen LogP contribution in [0.2, 0.25) is 0 Å². The zero-order chi connectivity index (χ0) is 27.5. The van der Waals surface area contributed by atoms with Crippen molar-refractivity contribution in [3.05, 3.63) is 39.9 Å². The number of nitro groups is 1. The van der Waals surface area contributed by atoms with Gasteiger partial charge in [0, 0.05) is 18.6 Å². The highest BCUT2D eigenvalue weighted by Crippen LogP contribution is 2.22. The molecule has 0 aliphatic heterocycles. The molecule has 38 heavy (non-hydrogen) atoms. The number of non-ortho nitro benzene ring substituents is 1. The Kier molecular flexibility index (Phi) is 20.8. The van der Waals surface area contributed by atoms with Gasteiger partial charge in [0.25, 0.3) is 11.6 Å². The maximum absolute atomic E-state index is 12.2. The Balaban J connectivity index is 0.0000137. The van der Waals surface area contributed by atoms with Crippen molar-refractivity contribution in [1.29, 1.82) is 0 Å². The zero-order valence-corrected chi connectivity index (χ0v) is 24.1. The minimum atomic E-state index is -1.37. The second-order valence-corrected chi connectivity index (χ2v) is 10.5. The minimum absolute atomic E-state index is 0. The van der Waals surface area contributed by atoms with Gasteiger partial charge < -0.3 is 21.3 Å². The Hall–Kier alpha value is -1.94. The molecule has 11 heteroatoms. The number of nitro benzene ring substituents is 1. The summed E-state index contributed by atoms with van der Waals surface area (Å²) in [5.41, 5.74) is 0.173. The molecule has 1 amide bonds. The number of esters is 1. The molecule has 0 spiro atoms. The van der Waals surface area contributed by atoms with Crippen molar-refractivity contribution in [3.8, 4) is 0 Å². The average Bonchev–Trinajstić information content (AvgIpc) is 2.88. The molecule has 9 nitrogen and oxygen atoms in total. The molecule has 1 aromatic carbocycles. The van der Waals surface area contributed by atoms with Crippen LogP contribution >= 0.6 is 23.2 Å². The van der Waals surface area contributed by atoms with Gasteiger partial charge in [0.05, 0.1) is 11.0 Å². The summed E-state index contributed by atoms with van der Waals surface area (Å²) in [6, 6.07) is 4.20. The van der Waals surface area contributed by atoms with E-state index in [0.29, 0.717) is 12.0 Å². The van der Waals surface area contributed by atoms with E-state index >= 15 is 0 Å². The molecule has 0 unspecified atom stereocenters. The fourth-order valence-corrected chi connectivity index (χ4v) is 4.15. The average molecular weight is 579 g/mol. The van der Waals surface area contributed by atoms with Crippen molar-refractivity contribution < 1.29 is 24.4 Å². The predicted octanol–water partition coefficient (Wildman–Crippen LogP) is 7.10. The number of carbonyl (C=O) groups is 2. The van der Waals surface area contributed by atoms with Gasteiger partial charge in [0.2, 0.25) is 0 Å². The summed E-state index contributed by atoms with van der Waals surface area (Å²) in [6.07, 6.45) is 14.7.